The van der Waals surface area contributed by atoms with Crippen molar-refractivity contribution in [1.82, 2.24) is 0 Å². The summed E-state index contributed by atoms with van der Waals surface area (Å²) in [4.78, 5) is 25.2. The van der Waals surface area contributed by atoms with Crippen LogP contribution in [0.2, 0.25) is 0 Å². The second kappa shape index (κ2) is 8.90. The maximum Gasteiger partial charge on any atom is 0.375 e. The highest BCUT2D eigenvalue weighted by molar-refractivity contribution is 6.00. The molecule has 0 aliphatic heterocycles. The lowest BCUT2D eigenvalue weighted by atomic mass is 10.1. The molecule has 30 heavy (non-hydrogen) atoms. The van der Waals surface area contributed by atoms with Crippen molar-refractivity contribution in [3.8, 4) is 11.5 Å². The minimum Gasteiger partial charge on any atom is -0.495 e. The highest BCUT2D eigenvalue weighted by Gasteiger charge is 2.25. The van der Waals surface area contributed by atoms with Crippen molar-refractivity contribution in [1.29, 1.82) is 0 Å². The normalized spacial score (nSPS) is 11.8. The summed E-state index contributed by atoms with van der Waals surface area (Å²) in [6.07, 6.45) is -1.03. The van der Waals surface area contributed by atoms with Crippen molar-refractivity contribution in [3.63, 3.8) is 0 Å². The topological polar surface area (TPSA) is 87.0 Å². The van der Waals surface area contributed by atoms with Crippen molar-refractivity contribution in [3.05, 3.63) is 53.3 Å². The van der Waals surface area contributed by atoms with E-state index in [1.807, 2.05) is 26.0 Å². The molecular formula is C23H25NO6. The first kappa shape index (κ1) is 21.2. The second-order valence-corrected chi connectivity index (χ2v) is 6.89. The Balaban J connectivity index is 1.74. The molecule has 0 saturated heterocycles. The highest BCUT2D eigenvalue weighted by atomic mass is 16.6. The minimum atomic E-state index is -1.03. The fourth-order valence-electron chi connectivity index (χ4n) is 3.07. The van der Waals surface area contributed by atoms with E-state index in [9.17, 15) is 9.59 Å². The lowest BCUT2D eigenvalue weighted by Gasteiger charge is -2.15. The number of carbonyl (C=O) groups excluding carboxylic acids is 2. The molecule has 0 radical (unpaired) electrons. The summed E-state index contributed by atoms with van der Waals surface area (Å²) in [5.74, 6) is 0.0889. The van der Waals surface area contributed by atoms with Gasteiger partial charge in [-0.15, -0.1) is 0 Å². The van der Waals surface area contributed by atoms with Crippen LogP contribution in [0, 0.1) is 13.8 Å². The number of furan rings is 1. The zero-order valence-corrected chi connectivity index (χ0v) is 17.7. The summed E-state index contributed by atoms with van der Waals surface area (Å²) in [5, 5.41) is 3.49. The Morgan fingerprint density at radius 2 is 1.90 bits per heavy atom. The van der Waals surface area contributed by atoms with Crippen LogP contribution in [0.3, 0.4) is 0 Å². The van der Waals surface area contributed by atoms with Gasteiger partial charge in [0.05, 0.1) is 19.4 Å². The number of carbonyl (C=O) groups is 2. The molecule has 1 aromatic heterocycles. The fourth-order valence-corrected chi connectivity index (χ4v) is 3.07. The molecule has 0 aliphatic carbocycles. The second-order valence-electron chi connectivity index (χ2n) is 6.89. The largest absolute Gasteiger partial charge is 0.495 e. The van der Waals surface area contributed by atoms with Crippen LogP contribution in [0.15, 0.2) is 40.8 Å². The molecule has 7 nitrogen and oxygen atoms in total. The van der Waals surface area contributed by atoms with Crippen molar-refractivity contribution in [2.24, 2.45) is 0 Å². The predicted octanol–water partition coefficient (Wildman–Crippen LogP) is 4.64. The van der Waals surface area contributed by atoms with Crippen LogP contribution < -0.4 is 14.8 Å². The van der Waals surface area contributed by atoms with Crippen molar-refractivity contribution < 1.29 is 28.2 Å². The summed E-state index contributed by atoms with van der Waals surface area (Å²) < 4.78 is 21.8. The molecule has 158 valence electrons. The monoisotopic (exact) mass is 411 g/mol. The Bertz CT molecular complexity index is 1080. The molecule has 0 aliphatic rings. The molecule has 0 spiro atoms. The van der Waals surface area contributed by atoms with Gasteiger partial charge in [0.15, 0.2) is 6.10 Å². The van der Waals surface area contributed by atoms with E-state index in [0.717, 1.165) is 10.9 Å². The zero-order valence-electron chi connectivity index (χ0n) is 17.7. The van der Waals surface area contributed by atoms with Crippen LogP contribution in [0.5, 0.6) is 11.5 Å². The van der Waals surface area contributed by atoms with Gasteiger partial charge in [-0.05, 0) is 63.6 Å². The molecule has 3 aromatic rings. The highest BCUT2D eigenvalue weighted by Crippen LogP contribution is 2.30. The van der Waals surface area contributed by atoms with Gasteiger partial charge in [-0.1, -0.05) is 6.07 Å². The molecule has 0 saturated carbocycles. The number of nitrogens with one attached hydrogen (secondary N) is 1. The van der Waals surface area contributed by atoms with Crippen molar-refractivity contribution in [2.45, 2.75) is 33.8 Å². The van der Waals surface area contributed by atoms with Crippen LogP contribution in [-0.2, 0) is 9.53 Å². The minimum absolute atomic E-state index is 0.0615. The van der Waals surface area contributed by atoms with Gasteiger partial charge in [-0.25, -0.2) is 4.79 Å². The van der Waals surface area contributed by atoms with Crippen LogP contribution in [0.1, 0.15) is 35.5 Å². The number of fused-ring (bicyclic) bond motifs is 1. The summed E-state index contributed by atoms with van der Waals surface area (Å²) in [5.41, 5.74) is 2.64. The number of hydrogen-bond acceptors (Lipinski definition) is 6. The lowest BCUT2D eigenvalue weighted by Crippen LogP contribution is -2.30. The van der Waals surface area contributed by atoms with E-state index in [4.69, 9.17) is 18.6 Å². The van der Waals surface area contributed by atoms with E-state index in [0.29, 0.717) is 34.9 Å². The first-order chi connectivity index (χ1) is 14.3. The Kier molecular flexibility index (Phi) is 6.30. The molecular weight excluding hydrogens is 386 g/mol. The van der Waals surface area contributed by atoms with Gasteiger partial charge < -0.3 is 23.9 Å². The third-order valence-corrected chi connectivity index (χ3v) is 4.67. The number of hydrogen-bond donors (Lipinski definition) is 1. The quantitative estimate of drug-likeness (QED) is 0.570. The SMILES string of the molecule is CCOc1ccc2oc(C(=O)O[C@H](C)C(=O)Nc3cc(C)ccc3OC)c(C)c2c1. The van der Waals surface area contributed by atoms with Gasteiger partial charge in [-0.2, -0.15) is 0 Å². The number of esters is 1. The molecule has 1 atom stereocenters. The summed E-state index contributed by atoms with van der Waals surface area (Å²) in [6.45, 7) is 7.60. The van der Waals surface area contributed by atoms with Gasteiger partial charge in [0.25, 0.3) is 5.91 Å². The van der Waals surface area contributed by atoms with Gasteiger partial charge in [0.1, 0.15) is 17.1 Å². The molecule has 2 aromatic carbocycles. The standard InChI is InChI=1S/C23H25NO6/c1-6-28-16-8-10-19-17(12-16)14(3)21(30-19)23(26)29-15(4)22(25)24-18-11-13(2)7-9-20(18)27-5/h7-12,15H,6H2,1-5H3,(H,24,25)/t15-/m1/s1. The average molecular weight is 411 g/mol. The van der Waals surface area contributed by atoms with Gasteiger partial charge in [0, 0.05) is 10.9 Å². The Morgan fingerprint density at radius 1 is 1.13 bits per heavy atom. The Labute approximate surface area is 174 Å². The number of methoxy groups -OCH3 is 1. The third-order valence-electron chi connectivity index (χ3n) is 4.67. The number of ether oxygens (including phenoxy) is 3. The van der Waals surface area contributed by atoms with Crippen LogP contribution in [-0.4, -0.2) is 31.7 Å². The van der Waals surface area contributed by atoms with Crippen LogP contribution >= 0.6 is 0 Å². The average Bonchev–Trinajstić information content (AvgIpc) is 3.04. The predicted molar refractivity (Wildman–Crippen MR) is 113 cm³/mol. The fraction of sp³-hybridized carbons (Fsp3) is 0.304. The molecule has 7 heteroatoms. The summed E-state index contributed by atoms with van der Waals surface area (Å²) in [7, 11) is 1.52. The molecule has 0 bridgehead atoms. The molecule has 1 N–H and O–H groups in total. The van der Waals surface area contributed by atoms with E-state index in [-0.39, 0.29) is 5.76 Å². The zero-order chi connectivity index (χ0) is 21.8. The number of aryl methyl sites for hydroxylation is 2. The smallest absolute Gasteiger partial charge is 0.375 e. The van der Waals surface area contributed by atoms with E-state index in [2.05, 4.69) is 5.32 Å². The molecule has 1 amide bonds. The van der Waals surface area contributed by atoms with Crippen molar-refractivity contribution in [2.75, 3.05) is 19.0 Å². The molecule has 0 fully saturated rings. The lowest BCUT2D eigenvalue weighted by molar-refractivity contribution is -0.123. The van der Waals surface area contributed by atoms with Crippen LogP contribution in [0.25, 0.3) is 11.0 Å². The molecule has 3 rings (SSSR count). The third kappa shape index (κ3) is 4.40. The Morgan fingerprint density at radius 3 is 2.60 bits per heavy atom. The molecule has 1 heterocycles. The summed E-state index contributed by atoms with van der Waals surface area (Å²) in [6, 6.07) is 10.7. The summed E-state index contributed by atoms with van der Waals surface area (Å²) >= 11 is 0. The van der Waals surface area contributed by atoms with E-state index in [1.54, 1.807) is 31.2 Å². The van der Waals surface area contributed by atoms with E-state index < -0.39 is 18.0 Å². The number of anilines is 1. The first-order valence-electron chi connectivity index (χ1n) is 9.66. The van der Waals surface area contributed by atoms with Gasteiger partial charge in [-0.3, -0.25) is 4.79 Å². The first-order valence-corrected chi connectivity index (χ1v) is 9.66. The van der Waals surface area contributed by atoms with Crippen molar-refractivity contribution >= 4 is 28.5 Å². The maximum atomic E-state index is 12.6. The van der Waals surface area contributed by atoms with Gasteiger partial charge in [0.2, 0.25) is 5.76 Å². The Hall–Kier alpha value is -3.48. The van der Waals surface area contributed by atoms with E-state index >= 15 is 0 Å². The van der Waals surface area contributed by atoms with Crippen LogP contribution in [0.4, 0.5) is 5.69 Å². The number of amides is 1. The number of benzene rings is 2. The number of rotatable bonds is 7. The molecule has 0 unspecified atom stereocenters. The van der Waals surface area contributed by atoms with E-state index in [1.165, 1.54) is 14.0 Å². The van der Waals surface area contributed by atoms with Gasteiger partial charge >= 0.3 is 5.97 Å². The maximum absolute atomic E-state index is 12.6.